The molecule has 0 aliphatic carbocycles. The predicted molar refractivity (Wildman–Crippen MR) is 56.9 cm³/mol. The molecule has 0 heterocycles. The third-order valence-corrected chi connectivity index (χ3v) is 1.87. The fourth-order valence-electron chi connectivity index (χ4n) is 0.869. The van der Waals surface area contributed by atoms with Crippen molar-refractivity contribution >= 4 is 11.6 Å². The maximum atomic E-state index is 8.55. The van der Waals surface area contributed by atoms with Crippen LogP contribution in [0, 0.1) is 11.3 Å². The molecule has 70 valence electrons. The van der Waals surface area contributed by atoms with Gasteiger partial charge < -0.3 is 0 Å². The molecule has 0 radical (unpaired) electrons. The van der Waals surface area contributed by atoms with E-state index in [1.165, 1.54) is 0 Å². The van der Waals surface area contributed by atoms with Gasteiger partial charge in [-0.3, -0.25) is 0 Å². The van der Waals surface area contributed by atoms with Gasteiger partial charge in [0.2, 0.25) is 0 Å². The Bertz CT molecular complexity index is 299. The Kier molecular flexibility index (Phi) is 6.01. The van der Waals surface area contributed by atoms with E-state index in [1.54, 1.807) is 6.07 Å². The van der Waals surface area contributed by atoms with Gasteiger partial charge in [-0.15, -0.1) is 0 Å². The second kappa shape index (κ2) is 6.51. The Morgan fingerprint density at radius 3 is 2.38 bits per heavy atom. The van der Waals surface area contributed by atoms with Gasteiger partial charge in [0.1, 0.15) is 6.07 Å². The Morgan fingerprint density at radius 2 is 2.00 bits per heavy atom. The van der Waals surface area contributed by atoms with Crippen LogP contribution in [0.3, 0.4) is 0 Å². The van der Waals surface area contributed by atoms with Gasteiger partial charge in [0.25, 0.3) is 0 Å². The van der Waals surface area contributed by atoms with Crippen molar-refractivity contribution in [1.29, 1.82) is 5.26 Å². The molecule has 1 aromatic rings. The number of hydrogen-bond acceptors (Lipinski definition) is 1. The van der Waals surface area contributed by atoms with Gasteiger partial charge >= 0.3 is 0 Å². The summed E-state index contributed by atoms with van der Waals surface area (Å²) in [4.78, 5) is 0. The number of nitrogens with zero attached hydrogens (tertiary/aromatic N) is 1. The zero-order valence-corrected chi connectivity index (χ0v) is 9.02. The van der Waals surface area contributed by atoms with Crippen LogP contribution in [0.1, 0.15) is 31.9 Å². The third kappa shape index (κ3) is 3.48. The zero-order valence-electron chi connectivity index (χ0n) is 8.26. The van der Waals surface area contributed by atoms with E-state index in [9.17, 15) is 0 Å². The van der Waals surface area contributed by atoms with Crippen molar-refractivity contribution in [2.24, 2.45) is 0 Å². The quantitative estimate of drug-likeness (QED) is 0.669. The van der Waals surface area contributed by atoms with Crippen LogP contribution in [0.4, 0.5) is 0 Å². The first-order valence-corrected chi connectivity index (χ1v) is 4.84. The van der Waals surface area contributed by atoms with E-state index in [4.69, 9.17) is 16.9 Å². The molecule has 0 amide bonds. The molecule has 0 spiro atoms. The highest BCUT2D eigenvalue weighted by Crippen LogP contribution is 2.16. The number of halogens is 1. The lowest BCUT2D eigenvalue weighted by Gasteiger charge is -1.97. The molecule has 0 unspecified atom stereocenters. The number of aryl methyl sites for hydroxylation is 1. The molecule has 1 aromatic carbocycles. The first kappa shape index (κ1) is 12.0. The highest BCUT2D eigenvalue weighted by molar-refractivity contribution is 6.31. The van der Waals surface area contributed by atoms with Crippen molar-refractivity contribution in [3.63, 3.8) is 0 Å². The van der Waals surface area contributed by atoms with Crippen molar-refractivity contribution in [2.75, 3.05) is 0 Å². The third-order valence-electron chi connectivity index (χ3n) is 1.56. The molecule has 0 saturated carbocycles. The van der Waals surface area contributed by atoms with Crippen LogP contribution < -0.4 is 0 Å². The summed E-state index contributed by atoms with van der Waals surface area (Å²) in [6, 6.07) is 7.52. The molecule has 0 saturated heterocycles. The van der Waals surface area contributed by atoms with E-state index in [-0.39, 0.29) is 0 Å². The van der Waals surface area contributed by atoms with Crippen molar-refractivity contribution in [1.82, 2.24) is 0 Å². The van der Waals surface area contributed by atoms with Gasteiger partial charge in [0.15, 0.2) is 0 Å². The molecule has 1 rings (SSSR count). The maximum absolute atomic E-state index is 8.55. The van der Waals surface area contributed by atoms with Crippen LogP contribution in [0.2, 0.25) is 5.02 Å². The van der Waals surface area contributed by atoms with E-state index in [0.717, 1.165) is 12.0 Å². The van der Waals surface area contributed by atoms with Crippen LogP contribution in [0.5, 0.6) is 0 Å². The van der Waals surface area contributed by atoms with E-state index < -0.39 is 0 Å². The van der Waals surface area contributed by atoms with Gasteiger partial charge in [0.05, 0.1) is 10.6 Å². The number of nitriles is 1. The first-order chi connectivity index (χ1) is 6.27. The molecule has 0 aromatic heterocycles. The lowest BCUT2D eigenvalue weighted by molar-refractivity contribution is 1.14. The summed E-state index contributed by atoms with van der Waals surface area (Å²) in [5, 5.41) is 9.10. The lowest BCUT2D eigenvalue weighted by Crippen LogP contribution is -1.82. The normalized spacial score (nSPS) is 8.23. The van der Waals surface area contributed by atoms with Crippen LogP contribution >= 0.6 is 11.6 Å². The van der Waals surface area contributed by atoms with Crippen LogP contribution in [-0.4, -0.2) is 0 Å². The van der Waals surface area contributed by atoms with Gasteiger partial charge in [-0.1, -0.05) is 38.4 Å². The molecule has 0 aliphatic rings. The molecule has 0 fully saturated rings. The first-order valence-electron chi connectivity index (χ1n) is 4.46. The lowest BCUT2D eigenvalue weighted by atomic mass is 10.1. The second-order valence-electron chi connectivity index (χ2n) is 2.28. The SMILES string of the molecule is CC.CCc1ccc(C#N)c(Cl)c1. The van der Waals surface area contributed by atoms with E-state index >= 15 is 0 Å². The van der Waals surface area contributed by atoms with Crippen LogP contribution in [0.25, 0.3) is 0 Å². The molecular formula is C11H14ClN. The molecule has 0 bridgehead atoms. The predicted octanol–water partition coefficient (Wildman–Crippen LogP) is 3.80. The highest BCUT2D eigenvalue weighted by Gasteiger charge is 1.98. The minimum Gasteiger partial charge on any atom is -0.192 e. The molecule has 13 heavy (non-hydrogen) atoms. The molecule has 0 N–H and O–H groups in total. The highest BCUT2D eigenvalue weighted by atomic mass is 35.5. The fourth-order valence-corrected chi connectivity index (χ4v) is 1.11. The van der Waals surface area contributed by atoms with Gasteiger partial charge in [-0.05, 0) is 24.1 Å². The fraction of sp³-hybridized carbons (Fsp3) is 0.364. The van der Waals surface area contributed by atoms with Crippen LogP contribution in [-0.2, 0) is 6.42 Å². The van der Waals surface area contributed by atoms with Crippen molar-refractivity contribution in [3.05, 3.63) is 34.3 Å². The van der Waals surface area contributed by atoms with E-state index in [0.29, 0.717) is 10.6 Å². The monoisotopic (exact) mass is 195 g/mol. The van der Waals surface area contributed by atoms with E-state index in [2.05, 4.69) is 6.92 Å². The Morgan fingerprint density at radius 1 is 1.38 bits per heavy atom. The Labute approximate surface area is 85.0 Å². The number of benzene rings is 1. The average molecular weight is 196 g/mol. The summed E-state index contributed by atoms with van der Waals surface area (Å²) >= 11 is 5.79. The number of rotatable bonds is 1. The second-order valence-corrected chi connectivity index (χ2v) is 2.69. The zero-order chi connectivity index (χ0) is 10.3. The van der Waals surface area contributed by atoms with Gasteiger partial charge in [-0.2, -0.15) is 5.26 Å². The summed E-state index contributed by atoms with van der Waals surface area (Å²) in [6.07, 6.45) is 0.950. The topological polar surface area (TPSA) is 23.8 Å². The van der Waals surface area contributed by atoms with E-state index in [1.807, 2.05) is 32.0 Å². The Balaban J connectivity index is 0.000000671. The van der Waals surface area contributed by atoms with Gasteiger partial charge in [-0.25, -0.2) is 0 Å². The van der Waals surface area contributed by atoms with Gasteiger partial charge in [0, 0.05) is 0 Å². The molecule has 1 nitrogen and oxygen atoms in total. The standard InChI is InChI=1S/C9H8ClN.C2H6/c1-2-7-3-4-8(6-11)9(10)5-7;1-2/h3-5H,2H2,1H3;1-2H3. The van der Waals surface area contributed by atoms with Crippen LogP contribution in [0.15, 0.2) is 18.2 Å². The van der Waals surface area contributed by atoms with Crippen molar-refractivity contribution < 1.29 is 0 Å². The molecule has 0 aliphatic heterocycles. The summed E-state index contributed by atoms with van der Waals surface area (Å²) in [6.45, 7) is 6.05. The molecule has 0 atom stereocenters. The number of hydrogen-bond donors (Lipinski definition) is 0. The Hall–Kier alpha value is -1.00. The smallest absolute Gasteiger partial charge is 0.101 e. The summed E-state index contributed by atoms with van der Waals surface area (Å²) < 4.78 is 0. The minimum absolute atomic E-state index is 0.545. The molecular weight excluding hydrogens is 182 g/mol. The maximum Gasteiger partial charge on any atom is 0.101 e. The molecule has 2 heteroatoms. The van der Waals surface area contributed by atoms with Crippen molar-refractivity contribution in [3.8, 4) is 6.07 Å². The minimum atomic E-state index is 0.545. The average Bonchev–Trinajstić information content (AvgIpc) is 2.20. The summed E-state index contributed by atoms with van der Waals surface area (Å²) in [5.41, 5.74) is 1.71. The summed E-state index contributed by atoms with van der Waals surface area (Å²) in [5.74, 6) is 0. The van der Waals surface area contributed by atoms with Crippen molar-refractivity contribution in [2.45, 2.75) is 27.2 Å². The summed E-state index contributed by atoms with van der Waals surface area (Å²) in [7, 11) is 0. The largest absolute Gasteiger partial charge is 0.192 e.